The quantitative estimate of drug-likeness (QED) is 0.586. The minimum Gasteiger partial charge on any atom is -0.370 e. The molecule has 0 unspecified atom stereocenters. The number of H-pyrrole nitrogens is 1. The predicted molar refractivity (Wildman–Crippen MR) is 98.5 cm³/mol. The van der Waals surface area contributed by atoms with E-state index >= 15 is 0 Å². The van der Waals surface area contributed by atoms with Crippen LogP contribution in [0.1, 0.15) is 16.3 Å². The lowest BCUT2D eigenvalue weighted by Gasteiger charge is -2.22. The number of aromatic nitrogens is 2. The van der Waals surface area contributed by atoms with E-state index in [-0.39, 0.29) is 17.5 Å². The summed E-state index contributed by atoms with van der Waals surface area (Å²) >= 11 is 6.13. The standard InChI is InChI=1S/C19H18ClFN4O2/c20-13-4-1-2-6-15(13)23-19(26)18-22-16(12-24-8-10-27-11-9-24)17-14(21)5-3-7-25(17)18/h1-7H,8-12H2,(H,23,26)/p+2. The van der Waals surface area contributed by atoms with Crippen molar-refractivity contribution in [3.63, 3.8) is 0 Å². The molecule has 1 aliphatic heterocycles. The van der Waals surface area contributed by atoms with Gasteiger partial charge in [-0.1, -0.05) is 23.7 Å². The summed E-state index contributed by atoms with van der Waals surface area (Å²) in [4.78, 5) is 17.2. The van der Waals surface area contributed by atoms with Crippen molar-refractivity contribution in [3.8, 4) is 0 Å². The number of anilines is 1. The van der Waals surface area contributed by atoms with Gasteiger partial charge in [-0.25, -0.2) is 9.37 Å². The molecule has 0 spiro atoms. The number of quaternary nitrogens is 1. The van der Waals surface area contributed by atoms with Crippen LogP contribution in [0.3, 0.4) is 0 Å². The van der Waals surface area contributed by atoms with Crippen LogP contribution in [0.2, 0.25) is 5.02 Å². The number of ether oxygens (including phenoxy) is 1. The number of amides is 1. The molecule has 27 heavy (non-hydrogen) atoms. The van der Waals surface area contributed by atoms with E-state index in [9.17, 15) is 9.18 Å². The van der Waals surface area contributed by atoms with E-state index in [0.29, 0.717) is 41.7 Å². The molecule has 1 saturated heterocycles. The van der Waals surface area contributed by atoms with Crippen molar-refractivity contribution in [1.29, 1.82) is 0 Å². The zero-order valence-electron chi connectivity index (χ0n) is 14.6. The Bertz CT molecular complexity index is 985. The van der Waals surface area contributed by atoms with E-state index in [1.54, 1.807) is 40.9 Å². The molecule has 1 fully saturated rings. The Hall–Kier alpha value is -2.48. The summed E-state index contributed by atoms with van der Waals surface area (Å²) in [5.41, 5.74) is 1.58. The number of aromatic amines is 1. The molecule has 0 radical (unpaired) electrons. The maximum absolute atomic E-state index is 14.5. The van der Waals surface area contributed by atoms with Gasteiger partial charge < -0.3 is 15.0 Å². The SMILES string of the molecule is O=C(Nc1ccccc1Cl)c1[nH]c(C[NH+]2CCOCC2)c2c(F)ccc[n+]12. The molecule has 0 atom stereocenters. The van der Waals surface area contributed by atoms with Gasteiger partial charge in [0.2, 0.25) is 11.2 Å². The van der Waals surface area contributed by atoms with Crippen LogP contribution in [0.4, 0.5) is 10.1 Å². The molecule has 0 saturated carbocycles. The average molecular weight is 391 g/mol. The van der Waals surface area contributed by atoms with Gasteiger partial charge in [-0.2, -0.15) is 4.40 Å². The monoisotopic (exact) mass is 390 g/mol. The molecule has 1 aromatic carbocycles. The predicted octanol–water partition coefficient (Wildman–Crippen LogP) is 1.21. The number of nitrogens with zero attached hydrogens (tertiary/aromatic N) is 1. The number of pyridine rings is 1. The Balaban J connectivity index is 1.69. The Morgan fingerprint density at radius 1 is 1.26 bits per heavy atom. The molecule has 1 amide bonds. The summed E-state index contributed by atoms with van der Waals surface area (Å²) in [6, 6.07) is 9.97. The maximum Gasteiger partial charge on any atom is 0.351 e. The van der Waals surface area contributed by atoms with Crippen LogP contribution >= 0.6 is 11.6 Å². The van der Waals surface area contributed by atoms with Gasteiger partial charge in [-0.15, -0.1) is 0 Å². The summed E-state index contributed by atoms with van der Waals surface area (Å²) in [6.45, 7) is 3.65. The topological polar surface area (TPSA) is 62.7 Å². The fraction of sp³-hybridized carbons (Fsp3) is 0.263. The van der Waals surface area contributed by atoms with Crippen molar-refractivity contribution in [1.82, 2.24) is 4.98 Å². The molecule has 3 aromatic rings. The van der Waals surface area contributed by atoms with Crippen LogP contribution in [0.5, 0.6) is 0 Å². The van der Waals surface area contributed by atoms with E-state index in [4.69, 9.17) is 16.3 Å². The largest absolute Gasteiger partial charge is 0.370 e. The Morgan fingerprint density at radius 3 is 2.81 bits per heavy atom. The van der Waals surface area contributed by atoms with Crippen LogP contribution in [0.15, 0.2) is 42.6 Å². The van der Waals surface area contributed by atoms with Crippen molar-refractivity contribution in [2.45, 2.75) is 6.54 Å². The maximum atomic E-state index is 14.5. The van der Waals surface area contributed by atoms with E-state index in [1.807, 2.05) is 0 Å². The normalized spacial score (nSPS) is 15.2. The van der Waals surface area contributed by atoms with Gasteiger partial charge in [0.1, 0.15) is 19.6 Å². The first-order chi connectivity index (χ1) is 13.1. The Labute approximate surface area is 160 Å². The average Bonchev–Trinajstić information content (AvgIpc) is 3.04. The summed E-state index contributed by atoms with van der Waals surface area (Å²) in [6.07, 6.45) is 1.68. The molecule has 3 N–H and O–H groups in total. The molecule has 1 aliphatic rings. The number of fused-ring (bicyclic) bond motifs is 1. The first kappa shape index (κ1) is 17.9. The number of nitrogens with one attached hydrogen (secondary N) is 3. The Morgan fingerprint density at radius 2 is 2.04 bits per heavy atom. The number of hydrogen-bond acceptors (Lipinski definition) is 2. The highest BCUT2D eigenvalue weighted by atomic mass is 35.5. The lowest BCUT2D eigenvalue weighted by molar-refractivity contribution is -0.921. The van der Waals surface area contributed by atoms with E-state index in [1.165, 1.54) is 11.0 Å². The van der Waals surface area contributed by atoms with E-state index in [0.717, 1.165) is 13.1 Å². The summed E-state index contributed by atoms with van der Waals surface area (Å²) in [7, 11) is 0. The minimum absolute atomic E-state index is 0.257. The number of para-hydroxylation sites is 1. The van der Waals surface area contributed by atoms with Crippen LogP contribution in [-0.4, -0.2) is 37.2 Å². The number of imidazole rings is 1. The fourth-order valence-electron chi connectivity index (χ4n) is 3.35. The van der Waals surface area contributed by atoms with E-state index < -0.39 is 0 Å². The van der Waals surface area contributed by atoms with Crippen molar-refractivity contribution in [2.75, 3.05) is 31.6 Å². The highest BCUT2D eigenvalue weighted by Crippen LogP contribution is 2.21. The molecule has 6 nitrogen and oxygen atoms in total. The van der Waals surface area contributed by atoms with Gasteiger partial charge in [0.05, 0.1) is 30.1 Å². The van der Waals surface area contributed by atoms with Crippen molar-refractivity contribution in [3.05, 3.63) is 65.0 Å². The van der Waals surface area contributed by atoms with Crippen molar-refractivity contribution < 1.29 is 23.2 Å². The van der Waals surface area contributed by atoms with Gasteiger partial charge in [0.15, 0.2) is 5.82 Å². The minimum atomic E-state index is -0.382. The highest BCUT2D eigenvalue weighted by Gasteiger charge is 2.30. The van der Waals surface area contributed by atoms with E-state index in [2.05, 4.69) is 10.3 Å². The number of morpholine rings is 1. The number of benzene rings is 1. The number of carbonyl (C=O) groups is 1. The first-order valence-electron chi connectivity index (χ1n) is 8.81. The van der Waals surface area contributed by atoms with Gasteiger partial charge >= 0.3 is 11.7 Å². The lowest BCUT2D eigenvalue weighted by Crippen LogP contribution is -3.12. The third kappa shape index (κ3) is 3.66. The molecule has 140 valence electrons. The van der Waals surface area contributed by atoms with Gasteiger partial charge in [-0.05, 0) is 24.3 Å². The van der Waals surface area contributed by atoms with Gasteiger partial charge in [-0.3, -0.25) is 4.79 Å². The van der Waals surface area contributed by atoms with Crippen molar-refractivity contribution in [2.24, 2.45) is 0 Å². The fourth-order valence-corrected chi connectivity index (χ4v) is 3.53. The molecular weight excluding hydrogens is 371 g/mol. The molecule has 2 aromatic heterocycles. The number of hydrogen-bond donors (Lipinski definition) is 3. The highest BCUT2D eigenvalue weighted by molar-refractivity contribution is 6.33. The van der Waals surface area contributed by atoms with Crippen LogP contribution in [-0.2, 0) is 11.3 Å². The molecular formula is C19H20ClFN4O2+2. The number of halogens is 2. The smallest absolute Gasteiger partial charge is 0.351 e. The Kier molecular flexibility index (Phi) is 5.07. The second-order valence-corrected chi connectivity index (χ2v) is 6.91. The third-order valence-electron chi connectivity index (χ3n) is 4.70. The van der Waals surface area contributed by atoms with Crippen LogP contribution < -0.4 is 14.6 Å². The van der Waals surface area contributed by atoms with Gasteiger partial charge in [0.25, 0.3) is 0 Å². The number of rotatable bonds is 4. The molecule has 4 rings (SSSR count). The third-order valence-corrected chi connectivity index (χ3v) is 5.03. The molecule has 0 bridgehead atoms. The molecule has 0 aliphatic carbocycles. The van der Waals surface area contributed by atoms with Gasteiger partial charge in [0, 0.05) is 0 Å². The number of carbonyl (C=O) groups excluding carboxylic acids is 1. The zero-order valence-corrected chi connectivity index (χ0v) is 15.4. The summed E-state index contributed by atoms with van der Waals surface area (Å²) < 4.78 is 21.5. The molecule has 3 heterocycles. The second kappa shape index (κ2) is 7.64. The van der Waals surface area contributed by atoms with Crippen LogP contribution in [0.25, 0.3) is 5.52 Å². The second-order valence-electron chi connectivity index (χ2n) is 6.50. The summed E-state index contributed by atoms with van der Waals surface area (Å²) in [5, 5.41) is 3.22. The lowest BCUT2D eigenvalue weighted by atomic mass is 10.3. The van der Waals surface area contributed by atoms with Crippen LogP contribution in [0, 0.1) is 5.82 Å². The molecule has 8 heteroatoms. The van der Waals surface area contributed by atoms with Crippen molar-refractivity contribution >= 4 is 28.7 Å². The first-order valence-corrected chi connectivity index (χ1v) is 9.19. The zero-order chi connectivity index (χ0) is 18.8. The summed E-state index contributed by atoms with van der Waals surface area (Å²) in [5.74, 6) is -0.493.